The Labute approximate surface area is 115 Å². The second-order valence-corrected chi connectivity index (χ2v) is 5.68. The Morgan fingerprint density at radius 3 is 2.44 bits per heavy atom. The summed E-state index contributed by atoms with van der Waals surface area (Å²) < 4.78 is 0.966. The molecule has 1 aliphatic rings. The number of carbonyl (C=O) groups excluding carboxylic acids is 2. The molecule has 0 saturated carbocycles. The fourth-order valence-corrected chi connectivity index (χ4v) is 2.72. The lowest BCUT2D eigenvalue weighted by molar-refractivity contribution is -0.130. The van der Waals surface area contributed by atoms with Crippen LogP contribution in [0.15, 0.2) is 22.7 Å². The van der Waals surface area contributed by atoms with Gasteiger partial charge in [-0.15, -0.1) is 0 Å². The number of halogens is 1. The molecule has 1 aromatic carbocycles. The Bertz CT molecular complexity index is 481. The molecule has 4 heteroatoms. The average molecular weight is 310 g/mol. The molecule has 0 unspecified atom stereocenters. The Morgan fingerprint density at radius 1 is 1.28 bits per heavy atom. The van der Waals surface area contributed by atoms with Gasteiger partial charge in [-0.05, 0) is 36.1 Å². The maximum absolute atomic E-state index is 12.1. The van der Waals surface area contributed by atoms with Crippen molar-refractivity contribution in [2.45, 2.75) is 33.1 Å². The first kappa shape index (κ1) is 13.3. The van der Waals surface area contributed by atoms with Crippen molar-refractivity contribution in [3.05, 3.63) is 28.2 Å². The maximum atomic E-state index is 12.1. The van der Waals surface area contributed by atoms with E-state index in [0.29, 0.717) is 12.8 Å². The first-order valence-electron chi connectivity index (χ1n) is 6.17. The number of nitrogens with zero attached hydrogens (tertiary/aromatic N) is 1. The van der Waals surface area contributed by atoms with Crippen LogP contribution in [0.5, 0.6) is 0 Å². The van der Waals surface area contributed by atoms with E-state index < -0.39 is 0 Å². The third-order valence-electron chi connectivity index (χ3n) is 3.21. The van der Waals surface area contributed by atoms with Gasteiger partial charge in [-0.25, -0.2) is 0 Å². The molecule has 2 amide bonds. The van der Waals surface area contributed by atoms with Crippen LogP contribution in [0.4, 0.5) is 5.69 Å². The average Bonchev–Trinajstić information content (AvgIpc) is 2.29. The van der Waals surface area contributed by atoms with Gasteiger partial charge in [0, 0.05) is 17.3 Å². The lowest BCUT2D eigenvalue weighted by Gasteiger charge is -2.29. The lowest BCUT2D eigenvalue weighted by Crippen LogP contribution is -2.43. The minimum atomic E-state index is -0.0872. The van der Waals surface area contributed by atoms with Gasteiger partial charge in [-0.2, -0.15) is 0 Å². The van der Waals surface area contributed by atoms with Crippen molar-refractivity contribution in [2.24, 2.45) is 5.92 Å². The van der Waals surface area contributed by atoms with Gasteiger partial charge < -0.3 is 0 Å². The molecule has 1 fully saturated rings. The highest BCUT2D eigenvalue weighted by Crippen LogP contribution is 2.30. The topological polar surface area (TPSA) is 37.4 Å². The highest BCUT2D eigenvalue weighted by molar-refractivity contribution is 9.10. The van der Waals surface area contributed by atoms with E-state index in [4.69, 9.17) is 0 Å². The van der Waals surface area contributed by atoms with Crippen molar-refractivity contribution in [1.29, 1.82) is 0 Å². The summed E-state index contributed by atoms with van der Waals surface area (Å²) in [6.07, 6.45) is 1.69. The molecule has 0 atom stereocenters. The molecule has 0 spiro atoms. The number of aryl methyl sites for hydroxylation is 1. The van der Waals surface area contributed by atoms with Crippen LogP contribution < -0.4 is 4.90 Å². The van der Waals surface area contributed by atoms with Crippen LogP contribution in [0.25, 0.3) is 0 Å². The molecule has 2 rings (SSSR count). The van der Waals surface area contributed by atoms with E-state index >= 15 is 0 Å². The number of anilines is 1. The molecular formula is C14H16BrNO2. The van der Waals surface area contributed by atoms with Crippen LogP contribution in [0, 0.1) is 5.92 Å². The smallest absolute Gasteiger partial charge is 0.234 e. The van der Waals surface area contributed by atoms with E-state index in [-0.39, 0.29) is 17.7 Å². The summed E-state index contributed by atoms with van der Waals surface area (Å²) in [4.78, 5) is 25.5. The summed E-state index contributed by atoms with van der Waals surface area (Å²) in [6, 6.07) is 5.68. The minimum absolute atomic E-state index is 0.0872. The van der Waals surface area contributed by atoms with E-state index in [0.717, 1.165) is 22.1 Å². The van der Waals surface area contributed by atoms with Crippen LogP contribution in [-0.4, -0.2) is 11.8 Å². The highest BCUT2D eigenvalue weighted by Gasteiger charge is 2.32. The van der Waals surface area contributed by atoms with E-state index in [9.17, 15) is 9.59 Å². The lowest BCUT2D eigenvalue weighted by atomic mass is 9.96. The molecule has 1 aromatic rings. The first-order chi connectivity index (χ1) is 8.52. The van der Waals surface area contributed by atoms with E-state index in [1.165, 1.54) is 4.90 Å². The number of hydrogen-bond acceptors (Lipinski definition) is 2. The summed E-state index contributed by atoms with van der Waals surface area (Å²) in [5, 5.41) is 0. The molecule has 1 aliphatic heterocycles. The quantitative estimate of drug-likeness (QED) is 0.786. The molecule has 1 saturated heterocycles. The molecule has 0 N–H and O–H groups in total. The van der Waals surface area contributed by atoms with Crippen molar-refractivity contribution in [1.82, 2.24) is 0 Å². The normalized spacial score (nSPS) is 17.4. The van der Waals surface area contributed by atoms with E-state index in [2.05, 4.69) is 15.9 Å². The molecule has 96 valence electrons. The summed E-state index contributed by atoms with van der Waals surface area (Å²) in [6.45, 7) is 3.96. The second-order valence-electron chi connectivity index (χ2n) is 4.76. The number of benzene rings is 1. The van der Waals surface area contributed by atoms with Crippen molar-refractivity contribution >= 4 is 33.4 Å². The zero-order valence-corrected chi connectivity index (χ0v) is 12.2. The van der Waals surface area contributed by atoms with Crippen LogP contribution in [0.3, 0.4) is 0 Å². The summed E-state index contributed by atoms with van der Waals surface area (Å²) in [5.74, 6) is -0.0201. The summed E-state index contributed by atoms with van der Waals surface area (Å²) in [5.41, 5.74) is 1.75. The van der Waals surface area contributed by atoms with Gasteiger partial charge in [0.05, 0.1) is 5.69 Å². The predicted molar refractivity (Wildman–Crippen MR) is 74.4 cm³/mol. The minimum Gasteiger partial charge on any atom is -0.274 e. The van der Waals surface area contributed by atoms with Crippen LogP contribution in [0.2, 0.25) is 0 Å². The highest BCUT2D eigenvalue weighted by atomic mass is 79.9. The molecule has 0 radical (unpaired) electrons. The third kappa shape index (κ3) is 2.48. The van der Waals surface area contributed by atoms with Crippen LogP contribution >= 0.6 is 15.9 Å². The number of piperidine rings is 1. The fourth-order valence-electron chi connectivity index (χ4n) is 2.31. The van der Waals surface area contributed by atoms with Crippen LogP contribution in [-0.2, 0) is 16.0 Å². The van der Waals surface area contributed by atoms with Crippen molar-refractivity contribution < 1.29 is 9.59 Å². The number of amides is 2. The number of hydrogen-bond donors (Lipinski definition) is 0. The van der Waals surface area contributed by atoms with Gasteiger partial charge in [0.1, 0.15) is 0 Å². The zero-order chi connectivity index (χ0) is 13.3. The standard InChI is InChI=1S/C14H16BrNO2/c1-3-10-8-11(15)4-5-12(10)16-13(17)6-9(2)7-14(16)18/h4-5,8-9H,3,6-7H2,1-2H3. The number of imide groups is 1. The van der Waals surface area contributed by atoms with Gasteiger partial charge in [-0.1, -0.05) is 29.8 Å². The predicted octanol–water partition coefficient (Wildman–Crippen LogP) is 3.30. The Morgan fingerprint density at radius 2 is 1.89 bits per heavy atom. The van der Waals surface area contributed by atoms with Gasteiger partial charge in [0.15, 0.2) is 0 Å². The van der Waals surface area contributed by atoms with Crippen molar-refractivity contribution in [3.63, 3.8) is 0 Å². The molecule has 0 aromatic heterocycles. The molecule has 18 heavy (non-hydrogen) atoms. The SMILES string of the molecule is CCc1cc(Br)ccc1N1C(=O)CC(C)CC1=O. The number of rotatable bonds is 2. The van der Waals surface area contributed by atoms with E-state index in [1.807, 2.05) is 32.0 Å². The monoisotopic (exact) mass is 309 g/mol. The van der Waals surface area contributed by atoms with Crippen molar-refractivity contribution in [3.8, 4) is 0 Å². The Balaban J connectivity index is 2.41. The first-order valence-corrected chi connectivity index (χ1v) is 6.96. The second kappa shape index (κ2) is 5.22. The largest absolute Gasteiger partial charge is 0.274 e. The zero-order valence-electron chi connectivity index (χ0n) is 10.6. The van der Waals surface area contributed by atoms with Gasteiger partial charge in [0.2, 0.25) is 11.8 Å². The number of carbonyl (C=O) groups is 2. The maximum Gasteiger partial charge on any atom is 0.234 e. The van der Waals surface area contributed by atoms with Crippen molar-refractivity contribution in [2.75, 3.05) is 4.90 Å². The molecule has 1 heterocycles. The third-order valence-corrected chi connectivity index (χ3v) is 3.70. The van der Waals surface area contributed by atoms with E-state index in [1.54, 1.807) is 0 Å². The van der Waals surface area contributed by atoms with Gasteiger partial charge in [0.25, 0.3) is 0 Å². The molecule has 0 bridgehead atoms. The molecule has 0 aliphatic carbocycles. The molecule has 3 nitrogen and oxygen atoms in total. The summed E-state index contributed by atoms with van der Waals surface area (Å²) >= 11 is 3.41. The Hall–Kier alpha value is -1.16. The fraction of sp³-hybridized carbons (Fsp3) is 0.429. The van der Waals surface area contributed by atoms with Crippen LogP contribution in [0.1, 0.15) is 32.3 Å². The Kier molecular flexibility index (Phi) is 3.85. The molecular weight excluding hydrogens is 294 g/mol. The van der Waals surface area contributed by atoms with Gasteiger partial charge in [-0.3, -0.25) is 14.5 Å². The van der Waals surface area contributed by atoms with Gasteiger partial charge >= 0.3 is 0 Å². The summed E-state index contributed by atoms with van der Waals surface area (Å²) in [7, 11) is 0.